The molecular weight excluding hydrogens is 397 g/mol. The van der Waals surface area contributed by atoms with Crippen molar-refractivity contribution in [2.75, 3.05) is 38.2 Å². The molecule has 2 aliphatic heterocycles. The first kappa shape index (κ1) is 21.3. The van der Waals surface area contributed by atoms with Gasteiger partial charge in [0.1, 0.15) is 11.9 Å². The van der Waals surface area contributed by atoms with E-state index in [1.807, 2.05) is 0 Å². The van der Waals surface area contributed by atoms with E-state index in [-0.39, 0.29) is 32.1 Å². The van der Waals surface area contributed by atoms with Gasteiger partial charge in [-0.3, -0.25) is 14.5 Å². The van der Waals surface area contributed by atoms with Crippen molar-refractivity contribution < 1.29 is 33.0 Å². The highest BCUT2D eigenvalue weighted by Crippen LogP contribution is 2.29. The van der Waals surface area contributed by atoms with Gasteiger partial charge >= 0.3 is 18.0 Å². The van der Waals surface area contributed by atoms with Gasteiger partial charge in [0.25, 0.3) is 0 Å². The summed E-state index contributed by atoms with van der Waals surface area (Å²) in [5.74, 6) is -2.40. The number of anilines is 1. The Labute approximate surface area is 172 Å². The van der Waals surface area contributed by atoms with Gasteiger partial charge in [0.15, 0.2) is 0 Å². The second-order valence-corrected chi connectivity index (χ2v) is 6.94. The van der Waals surface area contributed by atoms with Crippen LogP contribution in [0.3, 0.4) is 0 Å². The predicted molar refractivity (Wildman–Crippen MR) is 104 cm³/mol. The van der Waals surface area contributed by atoms with Crippen LogP contribution in [-0.2, 0) is 23.9 Å². The molecule has 1 aromatic carbocycles. The third-order valence-electron chi connectivity index (χ3n) is 4.92. The number of amides is 3. The second kappa shape index (κ2) is 8.93. The Kier molecular flexibility index (Phi) is 6.34. The molecule has 0 aliphatic carbocycles. The van der Waals surface area contributed by atoms with E-state index in [0.29, 0.717) is 23.2 Å². The number of halogens is 1. The highest BCUT2D eigenvalue weighted by atomic mass is 19.1. The van der Waals surface area contributed by atoms with Crippen LogP contribution in [0.5, 0.6) is 0 Å². The van der Waals surface area contributed by atoms with Crippen molar-refractivity contribution in [1.29, 1.82) is 0 Å². The molecule has 0 aromatic heterocycles. The summed E-state index contributed by atoms with van der Waals surface area (Å²) in [7, 11) is 1.14. The van der Waals surface area contributed by atoms with Gasteiger partial charge in [-0.25, -0.2) is 14.0 Å². The number of rotatable bonds is 4. The Morgan fingerprint density at radius 2 is 2.10 bits per heavy atom. The van der Waals surface area contributed by atoms with Crippen molar-refractivity contribution in [2.45, 2.75) is 19.4 Å². The first-order chi connectivity index (χ1) is 14.3. The van der Waals surface area contributed by atoms with Crippen molar-refractivity contribution in [3.05, 3.63) is 35.7 Å². The van der Waals surface area contributed by atoms with E-state index < -0.39 is 29.9 Å². The summed E-state index contributed by atoms with van der Waals surface area (Å²) >= 11 is 0. The fourth-order valence-corrected chi connectivity index (χ4v) is 3.34. The third kappa shape index (κ3) is 4.58. The fraction of sp³-hybridized carbons (Fsp3) is 0.400. The monoisotopic (exact) mass is 419 g/mol. The summed E-state index contributed by atoms with van der Waals surface area (Å²) in [5.41, 5.74) is 1.43. The molecule has 1 atom stereocenters. The van der Waals surface area contributed by atoms with Crippen molar-refractivity contribution in [3.8, 4) is 0 Å². The Morgan fingerprint density at radius 1 is 1.33 bits per heavy atom. The lowest BCUT2D eigenvalue weighted by Gasteiger charge is -2.26. The van der Waals surface area contributed by atoms with Gasteiger partial charge in [-0.05, 0) is 30.2 Å². The van der Waals surface area contributed by atoms with E-state index in [4.69, 9.17) is 4.74 Å². The number of nitrogens with zero attached hydrogens (tertiary/aromatic N) is 2. The molecule has 0 unspecified atom stereocenters. The fourth-order valence-electron chi connectivity index (χ4n) is 3.34. The Morgan fingerprint density at radius 3 is 2.70 bits per heavy atom. The summed E-state index contributed by atoms with van der Waals surface area (Å²) in [6.45, 7) is 2.20. The molecule has 1 aromatic rings. The molecule has 0 saturated carbocycles. The molecule has 1 saturated heterocycles. The minimum atomic E-state index is -0.934. The average Bonchev–Trinajstić information content (AvgIpc) is 3.11. The highest BCUT2D eigenvalue weighted by molar-refractivity contribution is 6.32. The quantitative estimate of drug-likeness (QED) is 0.578. The zero-order valence-corrected chi connectivity index (χ0v) is 16.6. The van der Waals surface area contributed by atoms with Crippen molar-refractivity contribution in [1.82, 2.24) is 10.2 Å². The highest BCUT2D eigenvalue weighted by Gasteiger charge is 2.33. The maximum absolute atomic E-state index is 14.8. The smallest absolute Gasteiger partial charge is 0.414 e. The molecule has 9 nitrogen and oxygen atoms in total. The third-order valence-corrected chi connectivity index (χ3v) is 4.92. The molecule has 2 aliphatic rings. The number of methoxy groups -OCH3 is 1. The van der Waals surface area contributed by atoms with E-state index in [9.17, 15) is 23.6 Å². The summed E-state index contributed by atoms with van der Waals surface area (Å²) in [5, 5.41) is 2.58. The molecule has 3 rings (SSSR count). The zero-order chi connectivity index (χ0) is 21.8. The van der Waals surface area contributed by atoms with Gasteiger partial charge in [0.05, 0.1) is 25.9 Å². The number of carbonyl (C=O) groups is 4. The lowest BCUT2D eigenvalue weighted by Crippen LogP contribution is -2.39. The normalized spacial score (nSPS) is 18.6. The lowest BCUT2D eigenvalue weighted by atomic mass is 9.98. The van der Waals surface area contributed by atoms with E-state index in [1.165, 1.54) is 22.8 Å². The average molecular weight is 419 g/mol. The standard InChI is InChI=1S/C20H22FN3O6/c1-12(25)22-10-15-11-24(20(28)30-15)14-3-4-16(17(21)9-14)13-5-7-23(8-6-13)18(26)19(27)29-2/h3-5,9,15H,6-8,10-11H2,1-2H3,(H,22,25)/t15-/m0/s1. The number of esters is 1. The number of benzene rings is 1. The molecule has 160 valence electrons. The van der Waals surface area contributed by atoms with Crippen molar-refractivity contribution in [2.24, 2.45) is 0 Å². The zero-order valence-electron chi connectivity index (χ0n) is 16.6. The molecule has 1 fully saturated rings. The maximum Gasteiger partial charge on any atom is 0.414 e. The lowest BCUT2D eigenvalue weighted by molar-refractivity contribution is -0.157. The Balaban J connectivity index is 1.68. The van der Waals surface area contributed by atoms with Gasteiger partial charge in [-0.1, -0.05) is 6.08 Å². The summed E-state index contributed by atoms with van der Waals surface area (Å²) in [6, 6.07) is 4.44. The van der Waals surface area contributed by atoms with Crippen LogP contribution in [0.1, 0.15) is 18.9 Å². The summed E-state index contributed by atoms with van der Waals surface area (Å²) in [6.07, 6.45) is 0.953. The van der Waals surface area contributed by atoms with Gasteiger partial charge in [-0.15, -0.1) is 0 Å². The predicted octanol–water partition coefficient (Wildman–Crippen LogP) is 1.08. The molecule has 0 radical (unpaired) electrons. The Bertz CT molecular complexity index is 916. The topological polar surface area (TPSA) is 105 Å². The number of hydrogen-bond acceptors (Lipinski definition) is 6. The van der Waals surface area contributed by atoms with E-state index in [0.717, 1.165) is 7.11 Å². The number of ether oxygens (including phenoxy) is 2. The molecule has 3 amide bonds. The number of cyclic esters (lactones) is 1. The second-order valence-electron chi connectivity index (χ2n) is 6.94. The van der Waals surface area contributed by atoms with Gasteiger partial charge in [-0.2, -0.15) is 0 Å². The van der Waals surface area contributed by atoms with Gasteiger partial charge < -0.3 is 19.7 Å². The molecular formula is C20H22FN3O6. The molecule has 1 N–H and O–H groups in total. The first-order valence-corrected chi connectivity index (χ1v) is 9.39. The Hall–Kier alpha value is -3.43. The molecule has 2 heterocycles. The molecule has 30 heavy (non-hydrogen) atoms. The molecule has 0 bridgehead atoms. The van der Waals surface area contributed by atoms with Crippen LogP contribution in [0.4, 0.5) is 14.9 Å². The van der Waals surface area contributed by atoms with Crippen LogP contribution in [0, 0.1) is 5.82 Å². The minimum Gasteiger partial charge on any atom is -0.462 e. The van der Waals surface area contributed by atoms with E-state index >= 15 is 0 Å². The number of carbonyl (C=O) groups excluding carboxylic acids is 4. The SMILES string of the molecule is COC(=O)C(=O)N1CC=C(c2ccc(N3C[C@H](CNC(C)=O)OC3=O)cc2F)CC1. The maximum atomic E-state index is 14.8. The largest absolute Gasteiger partial charge is 0.462 e. The van der Waals surface area contributed by atoms with Crippen molar-refractivity contribution >= 4 is 35.1 Å². The van der Waals surface area contributed by atoms with E-state index in [1.54, 1.807) is 18.2 Å². The molecule has 10 heteroatoms. The van der Waals surface area contributed by atoms with Crippen LogP contribution in [0.15, 0.2) is 24.3 Å². The van der Waals surface area contributed by atoms with Crippen LogP contribution < -0.4 is 10.2 Å². The summed E-state index contributed by atoms with van der Waals surface area (Å²) < 4.78 is 24.4. The number of hydrogen-bond donors (Lipinski definition) is 1. The summed E-state index contributed by atoms with van der Waals surface area (Å²) in [4.78, 5) is 48.9. The van der Waals surface area contributed by atoms with Crippen LogP contribution in [0.25, 0.3) is 5.57 Å². The van der Waals surface area contributed by atoms with Crippen LogP contribution in [0.2, 0.25) is 0 Å². The molecule has 0 spiro atoms. The number of nitrogens with one attached hydrogen (secondary N) is 1. The van der Waals surface area contributed by atoms with Crippen LogP contribution >= 0.6 is 0 Å². The van der Waals surface area contributed by atoms with Crippen LogP contribution in [-0.4, -0.2) is 68.2 Å². The first-order valence-electron chi connectivity index (χ1n) is 9.39. The van der Waals surface area contributed by atoms with E-state index in [2.05, 4.69) is 10.1 Å². The minimum absolute atomic E-state index is 0.174. The van der Waals surface area contributed by atoms with Gasteiger partial charge in [0, 0.05) is 25.6 Å². The van der Waals surface area contributed by atoms with Crippen molar-refractivity contribution in [3.63, 3.8) is 0 Å². The van der Waals surface area contributed by atoms with Gasteiger partial charge in [0.2, 0.25) is 5.91 Å².